The molecule has 0 aliphatic carbocycles. The molecule has 0 heterocycles. The van der Waals surface area contributed by atoms with Gasteiger partial charge in [0.15, 0.2) is 0 Å². The van der Waals surface area contributed by atoms with E-state index in [4.69, 9.17) is 9.47 Å². The van der Waals surface area contributed by atoms with Gasteiger partial charge in [0.25, 0.3) is 0 Å². The summed E-state index contributed by atoms with van der Waals surface area (Å²) in [6.45, 7) is 17.5. The number of hydrogen-bond acceptors (Lipinski definition) is 3. The Morgan fingerprint density at radius 2 is 1.32 bits per heavy atom. The highest BCUT2D eigenvalue weighted by Crippen LogP contribution is 2.12. The summed E-state index contributed by atoms with van der Waals surface area (Å²) in [7, 11) is 0. The van der Waals surface area contributed by atoms with Crippen LogP contribution in [0.1, 0.15) is 60.8 Å². The number of unbranched alkanes of at least 4 members (excludes halogenated alkanes) is 1. The second-order valence-electron chi connectivity index (χ2n) is 7.46. The van der Waals surface area contributed by atoms with Crippen molar-refractivity contribution in [3.63, 3.8) is 0 Å². The van der Waals surface area contributed by atoms with E-state index in [1.165, 1.54) is 6.42 Å². The Kier molecular flexibility index (Phi) is 9.67. The SMILES string of the molecule is CC(C)(C)COCCCOCCCCNC(C)(C)C. The van der Waals surface area contributed by atoms with Crippen molar-refractivity contribution in [2.75, 3.05) is 33.0 Å². The molecule has 1 N–H and O–H groups in total. The van der Waals surface area contributed by atoms with Crippen LogP contribution in [0, 0.1) is 5.41 Å². The standard InChI is InChI=1S/C16H35NO2/c1-15(2,3)14-19-13-9-12-18-11-8-7-10-17-16(4,5)6/h17H,7-14H2,1-6H3. The maximum absolute atomic E-state index is 5.59. The summed E-state index contributed by atoms with van der Waals surface area (Å²) in [5.74, 6) is 0. The highest BCUT2D eigenvalue weighted by molar-refractivity contribution is 4.69. The first-order valence-corrected chi connectivity index (χ1v) is 7.61. The van der Waals surface area contributed by atoms with E-state index in [1.54, 1.807) is 0 Å². The van der Waals surface area contributed by atoms with Gasteiger partial charge < -0.3 is 14.8 Å². The number of ether oxygens (including phenoxy) is 2. The monoisotopic (exact) mass is 273 g/mol. The summed E-state index contributed by atoms with van der Waals surface area (Å²) < 4.78 is 11.2. The van der Waals surface area contributed by atoms with E-state index in [1.807, 2.05) is 0 Å². The maximum Gasteiger partial charge on any atom is 0.0514 e. The average molecular weight is 273 g/mol. The highest BCUT2D eigenvalue weighted by atomic mass is 16.5. The molecule has 0 aliphatic heterocycles. The minimum Gasteiger partial charge on any atom is -0.381 e. The summed E-state index contributed by atoms with van der Waals surface area (Å²) in [6, 6.07) is 0. The molecule has 0 aliphatic rings. The normalized spacial score (nSPS) is 12.9. The topological polar surface area (TPSA) is 30.5 Å². The molecule has 0 aromatic rings. The van der Waals surface area contributed by atoms with Crippen molar-refractivity contribution >= 4 is 0 Å². The molecular weight excluding hydrogens is 238 g/mol. The fourth-order valence-electron chi connectivity index (χ4n) is 1.54. The summed E-state index contributed by atoms with van der Waals surface area (Å²) in [5, 5.41) is 3.48. The van der Waals surface area contributed by atoms with Crippen molar-refractivity contribution < 1.29 is 9.47 Å². The molecule has 0 radical (unpaired) electrons. The predicted octanol–water partition coefficient (Wildman–Crippen LogP) is 3.62. The first-order chi connectivity index (χ1) is 8.71. The Balaban J connectivity index is 3.12. The first kappa shape index (κ1) is 18.9. The Morgan fingerprint density at radius 3 is 1.89 bits per heavy atom. The lowest BCUT2D eigenvalue weighted by Crippen LogP contribution is -2.36. The van der Waals surface area contributed by atoms with E-state index in [0.717, 1.165) is 45.8 Å². The molecule has 0 spiro atoms. The third-order valence-corrected chi connectivity index (χ3v) is 2.48. The molecule has 0 aromatic carbocycles. The third kappa shape index (κ3) is 17.9. The van der Waals surface area contributed by atoms with Crippen LogP contribution in [0.2, 0.25) is 0 Å². The van der Waals surface area contributed by atoms with Crippen LogP contribution in [-0.2, 0) is 9.47 Å². The summed E-state index contributed by atoms with van der Waals surface area (Å²) in [4.78, 5) is 0. The van der Waals surface area contributed by atoms with E-state index in [9.17, 15) is 0 Å². The van der Waals surface area contributed by atoms with Gasteiger partial charge in [0.05, 0.1) is 6.61 Å². The molecule has 0 rings (SSSR count). The zero-order valence-electron chi connectivity index (χ0n) is 14.0. The molecule has 0 saturated heterocycles. The van der Waals surface area contributed by atoms with Crippen LogP contribution < -0.4 is 5.32 Å². The van der Waals surface area contributed by atoms with Gasteiger partial charge in [-0.2, -0.15) is 0 Å². The largest absolute Gasteiger partial charge is 0.381 e. The van der Waals surface area contributed by atoms with E-state index in [-0.39, 0.29) is 11.0 Å². The zero-order chi connectivity index (χ0) is 14.8. The zero-order valence-corrected chi connectivity index (χ0v) is 14.0. The Bertz CT molecular complexity index is 182. The fourth-order valence-corrected chi connectivity index (χ4v) is 1.54. The van der Waals surface area contributed by atoms with Crippen LogP contribution >= 0.6 is 0 Å². The molecule has 3 heteroatoms. The second kappa shape index (κ2) is 9.73. The predicted molar refractivity (Wildman–Crippen MR) is 82.7 cm³/mol. The molecule has 0 amide bonds. The van der Waals surface area contributed by atoms with Crippen LogP contribution in [0.5, 0.6) is 0 Å². The molecule has 19 heavy (non-hydrogen) atoms. The fraction of sp³-hybridized carbons (Fsp3) is 1.00. The van der Waals surface area contributed by atoms with Gasteiger partial charge in [0, 0.05) is 25.4 Å². The van der Waals surface area contributed by atoms with E-state index in [2.05, 4.69) is 46.9 Å². The Morgan fingerprint density at radius 1 is 0.737 bits per heavy atom. The van der Waals surface area contributed by atoms with E-state index >= 15 is 0 Å². The lowest BCUT2D eigenvalue weighted by molar-refractivity contribution is 0.0478. The van der Waals surface area contributed by atoms with Gasteiger partial charge in [-0.25, -0.2) is 0 Å². The summed E-state index contributed by atoms with van der Waals surface area (Å²) in [6.07, 6.45) is 3.31. The molecule has 0 saturated carbocycles. The van der Waals surface area contributed by atoms with Crippen LogP contribution in [0.15, 0.2) is 0 Å². The van der Waals surface area contributed by atoms with Crippen molar-refractivity contribution in [3.8, 4) is 0 Å². The second-order valence-corrected chi connectivity index (χ2v) is 7.46. The molecule has 0 bridgehead atoms. The van der Waals surface area contributed by atoms with Crippen molar-refractivity contribution in [3.05, 3.63) is 0 Å². The van der Waals surface area contributed by atoms with Crippen molar-refractivity contribution in [2.45, 2.75) is 66.3 Å². The van der Waals surface area contributed by atoms with Gasteiger partial charge in [-0.3, -0.25) is 0 Å². The Labute approximate surface area is 120 Å². The van der Waals surface area contributed by atoms with Gasteiger partial charge >= 0.3 is 0 Å². The summed E-state index contributed by atoms with van der Waals surface area (Å²) >= 11 is 0. The molecule has 3 nitrogen and oxygen atoms in total. The quantitative estimate of drug-likeness (QED) is 0.617. The van der Waals surface area contributed by atoms with Gasteiger partial charge in [-0.1, -0.05) is 20.8 Å². The van der Waals surface area contributed by atoms with Gasteiger partial charge in [0.1, 0.15) is 0 Å². The van der Waals surface area contributed by atoms with Crippen LogP contribution in [0.25, 0.3) is 0 Å². The minimum atomic E-state index is 0.227. The lowest BCUT2D eigenvalue weighted by atomic mass is 9.99. The van der Waals surface area contributed by atoms with Crippen LogP contribution in [-0.4, -0.2) is 38.5 Å². The molecule has 0 atom stereocenters. The number of rotatable bonds is 10. The molecule has 0 unspecified atom stereocenters. The summed E-state index contributed by atoms with van der Waals surface area (Å²) in [5.41, 5.74) is 0.492. The number of hydrogen-bond donors (Lipinski definition) is 1. The van der Waals surface area contributed by atoms with Crippen LogP contribution in [0.4, 0.5) is 0 Å². The number of nitrogens with one attached hydrogen (secondary N) is 1. The van der Waals surface area contributed by atoms with E-state index in [0.29, 0.717) is 0 Å². The average Bonchev–Trinajstić information content (AvgIpc) is 2.22. The van der Waals surface area contributed by atoms with Crippen molar-refractivity contribution in [1.29, 1.82) is 0 Å². The van der Waals surface area contributed by atoms with Gasteiger partial charge in [0.2, 0.25) is 0 Å². The van der Waals surface area contributed by atoms with Crippen molar-refractivity contribution in [1.82, 2.24) is 5.32 Å². The minimum absolute atomic E-state index is 0.227. The first-order valence-electron chi connectivity index (χ1n) is 7.61. The smallest absolute Gasteiger partial charge is 0.0514 e. The third-order valence-electron chi connectivity index (χ3n) is 2.48. The molecular formula is C16H35NO2. The van der Waals surface area contributed by atoms with Crippen LogP contribution in [0.3, 0.4) is 0 Å². The molecule has 0 fully saturated rings. The van der Waals surface area contributed by atoms with Crippen molar-refractivity contribution in [2.24, 2.45) is 5.41 Å². The van der Waals surface area contributed by atoms with Gasteiger partial charge in [-0.05, 0) is 52.0 Å². The molecule has 0 aromatic heterocycles. The molecule has 116 valence electrons. The van der Waals surface area contributed by atoms with E-state index < -0.39 is 0 Å². The maximum atomic E-state index is 5.59. The highest BCUT2D eigenvalue weighted by Gasteiger charge is 2.09. The lowest BCUT2D eigenvalue weighted by Gasteiger charge is -2.20. The Hall–Kier alpha value is -0.120. The van der Waals surface area contributed by atoms with Gasteiger partial charge in [-0.15, -0.1) is 0 Å².